The number of nitrogens with one attached hydrogen (secondary N) is 3. The number of carbonyl (C=O) groups is 1. The minimum absolute atomic E-state index is 0.0624. The molecule has 1 aliphatic heterocycles. The van der Waals surface area contributed by atoms with Gasteiger partial charge in [-0.2, -0.15) is 0 Å². The largest absolute Gasteiger partial charge is 0.349 e. The molecule has 1 amide bonds. The number of fused-ring (bicyclic) bond motifs is 1. The highest BCUT2D eigenvalue weighted by atomic mass is 127. The molecule has 0 bridgehead atoms. The van der Waals surface area contributed by atoms with Crippen LogP contribution >= 0.6 is 22.6 Å². The first-order valence-electron chi connectivity index (χ1n) is 6.78. The fourth-order valence-electron chi connectivity index (χ4n) is 3.04. The molecule has 1 saturated heterocycles. The molecule has 0 spiro atoms. The minimum Gasteiger partial charge on any atom is -0.349 e. The second-order valence-corrected chi connectivity index (χ2v) is 6.52. The molecule has 2 aliphatic rings. The summed E-state index contributed by atoms with van der Waals surface area (Å²) in [5.41, 5.74) is 7.31. The molecule has 4 nitrogen and oxygen atoms in total. The Balaban J connectivity index is 1.62. The Bertz CT molecular complexity index is 480. The molecule has 1 aliphatic carbocycles. The van der Waals surface area contributed by atoms with Crippen molar-refractivity contribution in [1.82, 2.24) is 16.2 Å². The van der Waals surface area contributed by atoms with Gasteiger partial charge in [-0.25, -0.2) is 0 Å². The molecule has 1 aromatic rings. The molecule has 1 heterocycles. The second kappa shape index (κ2) is 5.76. The zero-order valence-electron chi connectivity index (χ0n) is 10.7. The first-order valence-corrected chi connectivity index (χ1v) is 7.85. The molecule has 5 heteroatoms. The number of hydrogen-bond donors (Lipinski definition) is 3. The third-order valence-electron chi connectivity index (χ3n) is 4.09. The summed E-state index contributed by atoms with van der Waals surface area (Å²) in [6.45, 7) is 1.01. The number of hydrogen-bond acceptors (Lipinski definition) is 3. The Labute approximate surface area is 126 Å². The average Bonchev–Trinajstić information content (AvgIpc) is 2.86. The van der Waals surface area contributed by atoms with Gasteiger partial charge in [-0.05, 0) is 59.9 Å². The summed E-state index contributed by atoms with van der Waals surface area (Å²) in [7, 11) is 0. The van der Waals surface area contributed by atoms with E-state index in [2.05, 4.69) is 38.8 Å². The molecule has 3 unspecified atom stereocenters. The van der Waals surface area contributed by atoms with Crippen LogP contribution in [0.2, 0.25) is 0 Å². The molecule has 1 saturated carbocycles. The van der Waals surface area contributed by atoms with E-state index in [1.807, 2.05) is 24.3 Å². The number of hydrazine groups is 1. The van der Waals surface area contributed by atoms with Gasteiger partial charge in [-0.1, -0.05) is 12.1 Å². The Morgan fingerprint density at radius 1 is 1.32 bits per heavy atom. The fraction of sp³-hybridized carbons (Fsp3) is 0.500. The molecule has 3 atom stereocenters. The number of amides is 1. The maximum absolute atomic E-state index is 12.3. The van der Waals surface area contributed by atoms with Crippen LogP contribution in [-0.4, -0.2) is 24.5 Å². The molecular formula is C14H18IN3O. The van der Waals surface area contributed by atoms with E-state index in [9.17, 15) is 4.79 Å². The zero-order chi connectivity index (χ0) is 13.2. The van der Waals surface area contributed by atoms with Crippen LogP contribution in [0.3, 0.4) is 0 Å². The van der Waals surface area contributed by atoms with Crippen molar-refractivity contribution in [3.63, 3.8) is 0 Å². The van der Waals surface area contributed by atoms with Gasteiger partial charge in [0.2, 0.25) is 0 Å². The SMILES string of the molecule is O=C(NC1CCC2NNCC2C1)c1ccccc1I. The van der Waals surface area contributed by atoms with Crippen molar-refractivity contribution in [2.75, 3.05) is 6.54 Å². The van der Waals surface area contributed by atoms with Crippen LogP contribution in [0, 0.1) is 9.49 Å². The Hall–Kier alpha value is -0.660. The third kappa shape index (κ3) is 2.93. The summed E-state index contributed by atoms with van der Waals surface area (Å²) in [5, 5.41) is 3.19. The average molecular weight is 371 g/mol. The number of benzene rings is 1. The van der Waals surface area contributed by atoms with Gasteiger partial charge in [0.15, 0.2) is 0 Å². The summed E-state index contributed by atoms with van der Waals surface area (Å²) in [6.07, 6.45) is 3.26. The fourth-order valence-corrected chi connectivity index (χ4v) is 3.67. The minimum atomic E-state index is 0.0624. The van der Waals surface area contributed by atoms with Gasteiger partial charge >= 0.3 is 0 Å². The van der Waals surface area contributed by atoms with Gasteiger partial charge in [0.25, 0.3) is 5.91 Å². The lowest BCUT2D eigenvalue weighted by Gasteiger charge is -2.31. The van der Waals surface area contributed by atoms with Crippen molar-refractivity contribution in [3.8, 4) is 0 Å². The Kier molecular flexibility index (Phi) is 4.04. The van der Waals surface area contributed by atoms with Crippen LogP contribution in [0.5, 0.6) is 0 Å². The second-order valence-electron chi connectivity index (χ2n) is 5.36. The zero-order valence-corrected chi connectivity index (χ0v) is 12.8. The summed E-state index contributed by atoms with van der Waals surface area (Å²) in [5.74, 6) is 0.710. The molecule has 1 aromatic carbocycles. The lowest BCUT2D eigenvalue weighted by molar-refractivity contribution is 0.0917. The van der Waals surface area contributed by atoms with Crippen molar-refractivity contribution in [1.29, 1.82) is 0 Å². The lowest BCUT2D eigenvalue weighted by Crippen LogP contribution is -2.44. The maximum Gasteiger partial charge on any atom is 0.252 e. The molecule has 3 N–H and O–H groups in total. The van der Waals surface area contributed by atoms with Crippen molar-refractivity contribution in [2.24, 2.45) is 5.92 Å². The predicted octanol–water partition coefficient (Wildman–Crippen LogP) is 1.67. The van der Waals surface area contributed by atoms with E-state index < -0.39 is 0 Å². The monoisotopic (exact) mass is 371 g/mol. The lowest BCUT2D eigenvalue weighted by atomic mass is 9.83. The Morgan fingerprint density at radius 2 is 2.16 bits per heavy atom. The van der Waals surface area contributed by atoms with Gasteiger partial charge in [-0.3, -0.25) is 15.6 Å². The van der Waals surface area contributed by atoms with Crippen LogP contribution in [-0.2, 0) is 0 Å². The summed E-state index contributed by atoms with van der Waals surface area (Å²) in [4.78, 5) is 12.3. The van der Waals surface area contributed by atoms with E-state index in [4.69, 9.17) is 0 Å². The van der Waals surface area contributed by atoms with Crippen LogP contribution in [0.25, 0.3) is 0 Å². The molecule has 102 valence electrons. The molecule has 3 rings (SSSR count). The van der Waals surface area contributed by atoms with E-state index in [0.717, 1.165) is 34.9 Å². The van der Waals surface area contributed by atoms with Crippen molar-refractivity contribution >= 4 is 28.5 Å². The topological polar surface area (TPSA) is 53.2 Å². The molecular weight excluding hydrogens is 353 g/mol. The summed E-state index contributed by atoms with van der Waals surface area (Å²) in [6, 6.07) is 8.63. The quantitative estimate of drug-likeness (QED) is 0.694. The summed E-state index contributed by atoms with van der Waals surface area (Å²) >= 11 is 2.21. The van der Waals surface area contributed by atoms with Crippen LogP contribution in [0.1, 0.15) is 29.6 Å². The van der Waals surface area contributed by atoms with E-state index in [0.29, 0.717) is 18.0 Å². The van der Waals surface area contributed by atoms with Crippen LogP contribution in [0.4, 0.5) is 0 Å². The third-order valence-corrected chi connectivity index (χ3v) is 5.03. The maximum atomic E-state index is 12.3. The van der Waals surface area contributed by atoms with Gasteiger partial charge in [0.05, 0.1) is 5.56 Å². The van der Waals surface area contributed by atoms with E-state index >= 15 is 0 Å². The molecule has 2 fully saturated rings. The number of carbonyl (C=O) groups excluding carboxylic acids is 1. The first kappa shape index (κ1) is 13.3. The number of halogens is 1. The number of rotatable bonds is 2. The molecule has 19 heavy (non-hydrogen) atoms. The standard InChI is InChI=1S/C14H18IN3O/c15-12-4-2-1-3-11(12)14(19)17-10-5-6-13-9(7-10)8-16-18-13/h1-4,9-10,13,16,18H,5-8H2,(H,17,19). The Morgan fingerprint density at radius 3 is 3.00 bits per heavy atom. The molecule has 0 aromatic heterocycles. The predicted molar refractivity (Wildman–Crippen MR) is 82.7 cm³/mol. The van der Waals surface area contributed by atoms with Crippen molar-refractivity contribution in [2.45, 2.75) is 31.3 Å². The highest BCUT2D eigenvalue weighted by molar-refractivity contribution is 14.1. The van der Waals surface area contributed by atoms with Gasteiger partial charge in [0.1, 0.15) is 0 Å². The normalized spacial score (nSPS) is 29.8. The van der Waals surface area contributed by atoms with Crippen LogP contribution < -0.4 is 16.2 Å². The smallest absolute Gasteiger partial charge is 0.252 e. The van der Waals surface area contributed by atoms with Gasteiger partial charge in [0, 0.05) is 22.2 Å². The van der Waals surface area contributed by atoms with E-state index in [1.165, 1.54) is 0 Å². The van der Waals surface area contributed by atoms with Crippen molar-refractivity contribution < 1.29 is 4.79 Å². The summed E-state index contributed by atoms with van der Waals surface area (Å²) < 4.78 is 1.01. The molecule has 0 radical (unpaired) electrons. The van der Waals surface area contributed by atoms with Gasteiger partial charge < -0.3 is 5.32 Å². The van der Waals surface area contributed by atoms with E-state index in [-0.39, 0.29) is 5.91 Å². The highest BCUT2D eigenvalue weighted by Crippen LogP contribution is 2.27. The first-order chi connectivity index (χ1) is 9.24. The van der Waals surface area contributed by atoms with E-state index in [1.54, 1.807) is 0 Å². The van der Waals surface area contributed by atoms with Gasteiger partial charge in [-0.15, -0.1) is 0 Å². The van der Waals surface area contributed by atoms with Crippen molar-refractivity contribution in [3.05, 3.63) is 33.4 Å². The highest BCUT2D eigenvalue weighted by Gasteiger charge is 2.34. The van der Waals surface area contributed by atoms with Crippen LogP contribution in [0.15, 0.2) is 24.3 Å².